The SMILES string of the molecule is OC1CC(CNc2nnc3ccccc3n2)C1. The average molecular weight is 230 g/mol. The van der Waals surface area contributed by atoms with Gasteiger partial charge >= 0.3 is 0 Å². The number of nitrogens with one attached hydrogen (secondary N) is 1. The van der Waals surface area contributed by atoms with Crippen LogP contribution in [-0.4, -0.2) is 32.9 Å². The van der Waals surface area contributed by atoms with Crippen LogP contribution < -0.4 is 5.32 Å². The van der Waals surface area contributed by atoms with Crippen LogP contribution in [0.15, 0.2) is 24.3 Å². The number of hydrogen-bond acceptors (Lipinski definition) is 5. The number of fused-ring (bicyclic) bond motifs is 1. The highest BCUT2D eigenvalue weighted by atomic mass is 16.3. The van der Waals surface area contributed by atoms with Gasteiger partial charge in [0.1, 0.15) is 5.52 Å². The lowest BCUT2D eigenvalue weighted by Crippen LogP contribution is -2.33. The lowest BCUT2D eigenvalue weighted by atomic mass is 9.82. The summed E-state index contributed by atoms with van der Waals surface area (Å²) in [6.07, 6.45) is 1.62. The highest BCUT2D eigenvalue weighted by molar-refractivity contribution is 5.73. The van der Waals surface area contributed by atoms with E-state index < -0.39 is 0 Å². The Bertz CT molecular complexity index is 525. The second-order valence-electron chi connectivity index (χ2n) is 4.50. The average Bonchev–Trinajstić information content (AvgIpc) is 2.33. The summed E-state index contributed by atoms with van der Waals surface area (Å²) in [4.78, 5) is 4.38. The van der Waals surface area contributed by atoms with Crippen LogP contribution in [0.3, 0.4) is 0 Å². The molecule has 0 saturated heterocycles. The molecule has 2 aromatic rings. The van der Waals surface area contributed by atoms with Crippen molar-refractivity contribution in [3.05, 3.63) is 24.3 Å². The molecule has 5 nitrogen and oxygen atoms in total. The first kappa shape index (κ1) is 10.4. The Hall–Kier alpha value is -1.75. The topological polar surface area (TPSA) is 70.9 Å². The molecule has 0 atom stereocenters. The van der Waals surface area contributed by atoms with Gasteiger partial charge < -0.3 is 10.4 Å². The second-order valence-corrected chi connectivity index (χ2v) is 4.50. The summed E-state index contributed by atoms with van der Waals surface area (Å²) in [7, 11) is 0. The summed E-state index contributed by atoms with van der Waals surface area (Å²) < 4.78 is 0. The molecule has 0 aliphatic heterocycles. The van der Waals surface area contributed by atoms with Gasteiger partial charge in [0, 0.05) is 6.54 Å². The maximum absolute atomic E-state index is 9.19. The van der Waals surface area contributed by atoms with Gasteiger partial charge in [0.25, 0.3) is 0 Å². The van der Waals surface area contributed by atoms with Gasteiger partial charge in [-0.25, -0.2) is 4.98 Å². The van der Waals surface area contributed by atoms with E-state index in [2.05, 4.69) is 20.5 Å². The minimum Gasteiger partial charge on any atom is -0.393 e. The highest BCUT2D eigenvalue weighted by Crippen LogP contribution is 2.26. The Kier molecular flexibility index (Phi) is 2.60. The molecule has 0 radical (unpaired) electrons. The number of aromatic nitrogens is 3. The highest BCUT2D eigenvalue weighted by Gasteiger charge is 2.26. The van der Waals surface area contributed by atoms with Crippen molar-refractivity contribution in [2.24, 2.45) is 5.92 Å². The van der Waals surface area contributed by atoms with Crippen molar-refractivity contribution in [3.8, 4) is 0 Å². The van der Waals surface area contributed by atoms with Crippen LogP contribution in [0.4, 0.5) is 5.95 Å². The largest absolute Gasteiger partial charge is 0.393 e. The van der Waals surface area contributed by atoms with E-state index in [1.165, 1.54) is 0 Å². The third-order valence-corrected chi connectivity index (χ3v) is 3.12. The maximum atomic E-state index is 9.19. The van der Waals surface area contributed by atoms with Gasteiger partial charge in [-0.2, -0.15) is 0 Å². The van der Waals surface area contributed by atoms with Crippen LogP contribution in [0, 0.1) is 5.92 Å². The van der Waals surface area contributed by atoms with Crippen LogP contribution in [-0.2, 0) is 0 Å². The van der Waals surface area contributed by atoms with Gasteiger partial charge in [0.15, 0.2) is 0 Å². The van der Waals surface area contributed by atoms with Crippen molar-refractivity contribution < 1.29 is 5.11 Å². The zero-order valence-corrected chi connectivity index (χ0v) is 9.37. The molecule has 1 heterocycles. The van der Waals surface area contributed by atoms with Crippen LogP contribution in [0.2, 0.25) is 0 Å². The first-order chi connectivity index (χ1) is 8.31. The fourth-order valence-electron chi connectivity index (χ4n) is 2.06. The predicted octanol–water partition coefficient (Wildman–Crippen LogP) is 1.21. The summed E-state index contributed by atoms with van der Waals surface area (Å²) in [5.41, 5.74) is 1.65. The van der Waals surface area contributed by atoms with Crippen molar-refractivity contribution in [1.29, 1.82) is 0 Å². The molecule has 5 heteroatoms. The van der Waals surface area contributed by atoms with Gasteiger partial charge in [0.2, 0.25) is 5.95 Å². The Balaban J connectivity index is 1.68. The van der Waals surface area contributed by atoms with Crippen molar-refractivity contribution in [1.82, 2.24) is 15.2 Å². The zero-order chi connectivity index (χ0) is 11.7. The van der Waals surface area contributed by atoms with E-state index in [0.29, 0.717) is 11.9 Å². The minimum absolute atomic E-state index is 0.113. The Morgan fingerprint density at radius 3 is 2.71 bits per heavy atom. The fraction of sp³-hybridized carbons (Fsp3) is 0.417. The molecule has 0 spiro atoms. The molecular formula is C12H14N4O. The monoisotopic (exact) mass is 230 g/mol. The molecule has 1 saturated carbocycles. The van der Waals surface area contributed by atoms with E-state index in [1.807, 2.05) is 24.3 Å². The minimum atomic E-state index is -0.113. The molecule has 1 aliphatic carbocycles. The normalized spacial score (nSPS) is 23.4. The Labute approximate surface area is 98.9 Å². The molecule has 17 heavy (non-hydrogen) atoms. The number of aliphatic hydroxyl groups excluding tert-OH is 1. The van der Waals surface area contributed by atoms with Crippen LogP contribution in [0.5, 0.6) is 0 Å². The summed E-state index contributed by atoms with van der Waals surface area (Å²) in [5, 5.41) is 20.5. The van der Waals surface area contributed by atoms with E-state index >= 15 is 0 Å². The standard InChI is InChI=1S/C12H14N4O/c17-9-5-8(6-9)7-13-12-14-10-3-1-2-4-11(10)15-16-12/h1-4,8-9,17H,5-7H2,(H,13,14,16). The van der Waals surface area contributed by atoms with Gasteiger partial charge in [-0.3, -0.25) is 0 Å². The van der Waals surface area contributed by atoms with Crippen molar-refractivity contribution in [3.63, 3.8) is 0 Å². The van der Waals surface area contributed by atoms with Crippen molar-refractivity contribution >= 4 is 17.0 Å². The van der Waals surface area contributed by atoms with E-state index in [0.717, 1.165) is 30.4 Å². The van der Waals surface area contributed by atoms with Crippen molar-refractivity contribution in [2.45, 2.75) is 18.9 Å². The lowest BCUT2D eigenvalue weighted by Gasteiger charge is -2.31. The number of rotatable bonds is 3. The summed E-state index contributed by atoms with van der Waals surface area (Å²) in [5.74, 6) is 1.09. The van der Waals surface area contributed by atoms with Crippen LogP contribution >= 0.6 is 0 Å². The molecule has 88 valence electrons. The number of para-hydroxylation sites is 1. The third kappa shape index (κ3) is 2.19. The van der Waals surface area contributed by atoms with E-state index in [4.69, 9.17) is 0 Å². The molecule has 3 rings (SSSR count). The van der Waals surface area contributed by atoms with Crippen LogP contribution in [0.1, 0.15) is 12.8 Å². The molecule has 2 N–H and O–H groups in total. The van der Waals surface area contributed by atoms with E-state index in [-0.39, 0.29) is 6.10 Å². The maximum Gasteiger partial charge on any atom is 0.243 e. The fourth-order valence-corrected chi connectivity index (χ4v) is 2.06. The van der Waals surface area contributed by atoms with E-state index in [1.54, 1.807) is 0 Å². The van der Waals surface area contributed by atoms with Gasteiger partial charge in [0.05, 0.1) is 11.6 Å². The molecule has 1 aromatic heterocycles. The quantitative estimate of drug-likeness (QED) is 0.829. The molecule has 1 fully saturated rings. The molecule has 0 unspecified atom stereocenters. The Morgan fingerprint density at radius 1 is 1.18 bits per heavy atom. The first-order valence-electron chi connectivity index (χ1n) is 5.82. The first-order valence-corrected chi connectivity index (χ1v) is 5.82. The number of aliphatic hydroxyl groups is 1. The molecule has 1 aromatic carbocycles. The molecule has 0 amide bonds. The second kappa shape index (κ2) is 4.25. The number of nitrogens with zero attached hydrogens (tertiary/aromatic N) is 3. The number of benzene rings is 1. The van der Waals surface area contributed by atoms with E-state index in [9.17, 15) is 5.11 Å². The number of hydrogen-bond donors (Lipinski definition) is 2. The molecule has 0 bridgehead atoms. The van der Waals surface area contributed by atoms with Crippen LogP contribution in [0.25, 0.3) is 11.0 Å². The predicted molar refractivity (Wildman–Crippen MR) is 64.6 cm³/mol. The third-order valence-electron chi connectivity index (χ3n) is 3.12. The lowest BCUT2D eigenvalue weighted by molar-refractivity contribution is 0.0486. The van der Waals surface area contributed by atoms with Gasteiger partial charge in [-0.15, -0.1) is 10.2 Å². The smallest absolute Gasteiger partial charge is 0.243 e. The summed E-state index contributed by atoms with van der Waals surface area (Å²) in [6, 6.07) is 7.66. The molecular weight excluding hydrogens is 216 g/mol. The molecule has 1 aliphatic rings. The van der Waals surface area contributed by atoms with Crippen molar-refractivity contribution in [2.75, 3.05) is 11.9 Å². The summed E-state index contributed by atoms with van der Waals surface area (Å²) >= 11 is 0. The Morgan fingerprint density at radius 2 is 1.94 bits per heavy atom. The van der Waals surface area contributed by atoms with Gasteiger partial charge in [-0.1, -0.05) is 12.1 Å². The van der Waals surface area contributed by atoms with Gasteiger partial charge in [-0.05, 0) is 30.9 Å². The zero-order valence-electron chi connectivity index (χ0n) is 9.37. The summed E-state index contributed by atoms with van der Waals surface area (Å²) in [6.45, 7) is 0.803. The number of anilines is 1.